The van der Waals surface area contributed by atoms with Crippen molar-refractivity contribution < 1.29 is 17.5 Å². The van der Waals surface area contributed by atoms with E-state index in [0.717, 1.165) is 5.56 Å². The SMILES string of the molecule is CCCCCCCCCCCCCC[N+](C)(C)CC.Cc1ccc(S(=O)(=O)[O-])cc1. The van der Waals surface area contributed by atoms with E-state index >= 15 is 0 Å². The fourth-order valence-electron chi connectivity index (χ4n) is 3.24. The molecule has 4 nitrogen and oxygen atoms in total. The number of hydrogen-bond acceptors (Lipinski definition) is 3. The molecule has 1 aromatic carbocycles. The van der Waals surface area contributed by atoms with Crippen molar-refractivity contribution in [3.8, 4) is 0 Å². The summed E-state index contributed by atoms with van der Waals surface area (Å²) in [5.41, 5.74) is 0.928. The third kappa shape index (κ3) is 16.8. The second-order valence-electron chi connectivity index (χ2n) is 9.13. The first-order chi connectivity index (χ1) is 14.1. The van der Waals surface area contributed by atoms with Gasteiger partial charge in [-0.25, -0.2) is 8.42 Å². The van der Waals surface area contributed by atoms with E-state index in [9.17, 15) is 13.0 Å². The summed E-state index contributed by atoms with van der Waals surface area (Å²) in [4.78, 5) is -0.178. The van der Waals surface area contributed by atoms with Gasteiger partial charge in [0.1, 0.15) is 10.1 Å². The molecule has 5 heteroatoms. The second-order valence-corrected chi connectivity index (χ2v) is 10.5. The lowest BCUT2D eigenvalue weighted by Gasteiger charge is -2.28. The number of quaternary nitrogens is 1. The second kappa shape index (κ2) is 16.7. The summed E-state index contributed by atoms with van der Waals surface area (Å²) in [5.74, 6) is 0. The third-order valence-electron chi connectivity index (χ3n) is 5.78. The summed E-state index contributed by atoms with van der Waals surface area (Å²) >= 11 is 0. The van der Waals surface area contributed by atoms with E-state index in [1.807, 2.05) is 6.92 Å². The Bertz CT molecular complexity index is 624. The summed E-state index contributed by atoms with van der Waals surface area (Å²) in [5, 5.41) is 0. The molecule has 0 unspecified atom stereocenters. The van der Waals surface area contributed by atoms with Crippen LogP contribution < -0.4 is 0 Å². The molecule has 0 heterocycles. The molecule has 0 N–H and O–H groups in total. The van der Waals surface area contributed by atoms with Crippen LogP contribution in [0, 0.1) is 6.92 Å². The first kappa shape index (κ1) is 29.1. The minimum absolute atomic E-state index is 0.178. The van der Waals surface area contributed by atoms with Crippen LogP contribution in [0.2, 0.25) is 0 Å². The zero-order chi connectivity index (χ0) is 22.9. The van der Waals surface area contributed by atoms with Gasteiger partial charge in [-0.3, -0.25) is 0 Å². The minimum atomic E-state index is -4.27. The Morgan fingerprint density at radius 1 is 0.733 bits per heavy atom. The standard InChI is InChI=1S/C18H40N.C7H8O3S/c1-5-7-8-9-10-11-12-13-14-15-16-17-18-19(3,4)6-2;1-6-2-4-7(5-3-6)11(8,9)10/h5-18H2,1-4H3;2-5H,1H3,(H,8,9,10)/q+1;/p-1. The molecule has 1 aromatic rings. The van der Waals surface area contributed by atoms with Crippen molar-refractivity contribution in [3.05, 3.63) is 29.8 Å². The van der Waals surface area contributed by atoms with Crippen LogP contribution in [0.1, 0.15) is 96.5 Å². The smallest absolute Gasteiger partial charge is 0.124 e. The third-order valence-corrected chi connectivity index (χ3v) is 6.63. The maximum atomic E-state index is 10.4. The Hall–Kier alpha value is -0.910. The van der Waals surface area contributed by atoms with Crippen molar-refractivity contribution in [3.63, 3.8) is 0 Å². The highest BCUT2D eigenvalue weighted by Gasteiger charge is 2.09. The van der Waals surface area contributed by atoms with Gasteiger partial charge in [0, 0.05) is 0 Å². The molecule has 0 fully saturated rings. The Kier molecular flexibility index (Phi) is 16.2. The molecule has 1 rings (SSSR count). The summed E-state index contributed by atoms with van der Waals surface area (Å²) < 4.78 is 32.4. The molecule has 176 valence electrons. The zero-order valence-corrected chi connectivity index (χ0v) is 21.1. The molecule has 0 amide bonds. The predicted molar refractivity (Wildman–Crippen MR) is 128 cm³/mol. The molecular formula is C25H47NO3S. The molecule has 0 atom stereocenters. The van der Waals surface area contributed by atoms with Gasteiger partial charge in [0.2, 0.25) is 0 Å². The topological polar surface area (TPSA) is 57.2 Å². The Balaban J connectivity index is 0.000000642. The summed E-state index contributed by atoms with van der Waals surface area (Å²) in [6.45, 7) is 9.02. The highest BCUT2D eigenvalue weighted by molar-refractivity contribution is 7.85. The maximum Gasteiger partial charge on any atom is 0.124 e. The lowest BCUT2D eigenvalue weighted by Crippen LogP contribution is -2.39. The van der Waals surface area contributed by atoms with Crippen LogP contribution in [0.4, 0.5) is 0 Å². The van der Waals surface area contributed by atoms with E-state index in [1.165, 1.54) is 107 Å². The van der Waals surface area contributed by atoms with Crippen molar-refractivity contribution in [1.82, 2.24) is 0 Å². The molecule has 0 saturated carbocycles. The van der Waals surface area contributed by atoms with Crippen molar-refractivity contribution in [2.24, 2.45) is 0 Å². The lowest BCUT2D eigenvalue weighted by molar-refractivity contribution is -0.888. The van der Waals surface area contributed by atoms with Gasteiger partial charge in [-0.2, -0.15) is 0 Å². The van der Waals surface area contributed by atoms with Crippen LogP contribution >= 0.6 is 0 Å². The van der Waals surface area contributed by atoms with E-state index < -0.39 is 10.1 Å². The van der Waals surface area contributed by atoms with Gasteiger partial charge in [-0.05, 0) is 38.8 Å². The van der Waals surface area contributed by atoms with Crippen LogP contribution in [-0.2, 0) is 10.1 Å². The van der Waals surface area contributed by atoms with Crippen molar-refractivity contribution in [2.45, 2.75) is 103 Å². The van der Waals surface area contributed by atoms with E-state index in [1.54, 1.807) is 12.1 Å². The summed E-state index contributed by atoms with van der Waals surface area (Å²) in [6.07, 6.45) is 17.4. The van der Waals surface area contributed by atoms with Crippen LogP contribution in [0.5, 0.6) is 0 Å². The largest absolute Gasteiger partial charge is 0.744 e. The monoisotopic (exact) mass is 441 g/mol. The fraction of sp³-hybridized carbons (Fsp3) is 0.760. The average molecular weight is 442 g/mol. The van der Waals surface area contributed by atoms with Gasteiger partial charge in [-0.15, -0.1) is 0 Å². The highest BCUT2D eigenvalue weighted by Crippen LogP contribution is 2.12. The van der Waals surface area contributed by atoms with Gasteiger partial charge in [0.15, 0.2) is 0 Å². The molecule has 0 aliphatic carbocycles. The number of nitrogens with zero attached hydrogens (tertiary/aromatic N) is 1. The Labute approximate surface area is 187 Å². The number of rotatable bonds is 15. The lowest BCUT2D eigenvalue weighted by atomic mass is 10.1. The van der Waals surface area contributed by atoms with Gasteiger partial charge in [0.25, 0.3) is 0 Å². The first-order valence-electron chi connectivity index (χ1n) is 12.0. The zero-order valence-electron chi connectivity index (χ0n) is 20.3. The predicted octanol–water partition coefficient (Wildman–Crippen LogP) is 6.68. The van der Waals surface area contributed by atoms with Crippen LogP contribution in [0.15, 0.2) is 29.2 Å². The normalized spacial score (nSPS) is 11.8. The minimum Gasteiger partial charge on any atom is -0.744 e. The molecule has 0 aliphatic rings. The molecule has 0 aromatic heterocycles. The Morgan fingerprint density at radius 3 is 1.50 bits per heavy atom. The quantitative estimate of drug-likeness (QED) is 0.173. The number of hydrogen-bond donors (Lipinski definition) is 0. The van der Waals surface area contributed by atoms with Crippen LogP contribution in [0.3, 0.4) is 0 Å². The highest BCUT2D eigenvalue weighted by atomic mass is 32.2. The number of aryl methyl sites for hydroxylation is 1. The van der Waals surface area contributed by atoms with Crippen LogP contribution in [0.25, 0.3) is 0 Å². The van der Waals surface area contributed by atoms with Crippen molar-refractivity contribution in [1.29, 1.82) is 0 Å². The van der Waals surface area contributed by atoms with E-state index in [2.05, 4.69) is 27.9 Å². The average Bonchev–Trinajstić information content (AvgIpc) is 2.69. The van der Waals surface area contributed by atoms with Crippen molar-refractivity contribution in [2.75, 3.05) is 27.2 Å². The van der Waals surface area contributed by atoms with Gasteiger partial charge < -0.3 is 9.04 Å². The first-order valence-corrected chi connectivity index (χ1v) is 13.4. The molecule has 0 aliphatic heterocycles. The van der Waals surface area contributed by atoms with Gasteiger partial charge >= 0.3 is 0 Å². The molecular weight excluding hydrogens is 394 g/mol. The van der Waals surface area contributed by atoms with Crippen molar-refractivity contribution >= 4 is 10.1 Å². The molecule has 0 bridgehead atoms. The van der Waals surface area contributed by atoms with E-state index in [4.69, 9.17) is 0 Å². The summed E-state index contributed by atoms with van der Waals surface area (Å²) in [7, 11) is 0.422. The number of benzene rings is 1. The number of unbranched alkanes of at least 4 members (excludes halogenated alkanes) is 11. The van der Waals surface area contributed by atoms with E-state index in [0.29, 0.717) is 0 Å². The molecule has 0 radical (unpaired) electrons. The maximum absolute atomic E-state index is 10.4. The molecule has 0 spiro atoms. The van der Waals surface area contributed by atoms with Crippen LogP contribution in [-0.4, -0.2) is 44.6 Å². The van der Waals surface area contributed by atoms with E-state index in [-0.39, 0.29) is 4.90 Å². The molecule has 0 saturated heterocycles. The molecule has 30 heavy (non-hydrogen) atoms. The Morgan fingerprint density at radius 2 is 1.13 bits per heavy atom. The summed E-state index contributed by atoms with van der Waals surface area (Å²) in [6, 6.07) is 5.78. The van der Waals surface area contributed by atoms with Gasteiger partial charge in [-0.1, -0.05) is 88.8 Å². The van der Waals surface area contributed by atoms with Gasteiger partial charge in [0.05, 0.1) is 32.1 Å². The fourth-order valence-corrected chi connectivity index (χ4v) is 3.71.